The zero-order chi connectivity index (χ0) is 16.4. The third kappa shape index (κ3) is 3.29. The Bertz CT molecular complexity index is 848. The Morgan fingerprint density at radius 2 is 2.04 bits per heavy atom. The topological polar surface area (TPSA) is 81.0 Å². The first-order chi connectivity index (χ1) is 11.1. The van der Waals surface area contributed by atoms with Crippen molar-refractivity contribution >= 4 is 28.7 Å². The molecule has 1 heterocycles. The molecule has 1 amide bonds. The number of aromatic amines is 1. The summed E-state index contributed by atoms with van der Waals surface area (Å²) in [6, 6.07) is 11.1. The highest BCUT2D eigenvalue weighted by Gasteiger charge is 2.21. The molecule has 0 aliphatic carbocycles. The minimum atomic E-state index is -0.655. The summed E-state index contributed by atoms with van der Waals surface area (Å²) >= 11 is 1.19. The number of benzene rings is 2. The molecule has 0 fully saturated rings. The van der Waals surface area contributed by atoms with Gasteiger partial charge in [0.15, 0.2) is 5.16 Å². The molecule has 2 aromatic carbocycles. The number of nitrogens with zero attached hydrogens (tertiary/aromatic N) is 1. The van der Waals surface area contributed by atoms with Crippen LogP contribution in [0.25, 0.3) is 11.0 Å². The minimum Gasteiger partial charge on any atom is -0.497 e. The first-order valence-electron chi connectivity index (χ1n) is 6.82. The maximum absolute atomic E-state index is 13.0. The standard InChI is InChI=1S/C16H14FN3O2S/c1-22-11-6-7-12-13(8-11)20-16(19-12)23-14(15(18)21)9-2-4-10(17)5-3-9/h2-8,14H,1H3,(H2,18,21)(H,19,20). The van der Waals surface area contributed by atoms with Gasteiger partial charge in [-0.05, 0) is 29.8 Å². The number of aromatic nitrogens is 2. The lowest BCUT2D eigenvalue weighted by molar-refractivity contribution is -0.117. The van der Waals surface area contributed by atoms with Crippen molar-refractivity contribution < 1.29 is 13.9 Å². The quantitative estimate of drug-likeness (QED) is 0.704. The van der Waals surface area contributed by atoms with Crippen molar-refractivity contribution in [3.05, 3.63) is 53.8 Å². The van der Waals surface area contributed by atoms with E-state index in [-0.39, 0.29) is 5.82 Å². The number of amides is 1. The molecule has 0 spiro atoms. The van der Waals surface area contributed by atoms with Crippen LogP contribution in [-0.2, 0) is 4.79 Å². The number of imidazole rings is 1. The molecule has 1 atom stereocenters. The summed E-state index contributed by atoms with van der Waals surface area (Å²) in [6.07, 6.45) is 0. The largest absolute Gasteiger partial charge is 0.497 e. The first kappa shape index (κ1) is 15.4. The van der Waals surface area contributed by atoms with Crippen molar-refractivity contribution in [2.24, 2.45) is 5.73 Å². The van der Waals surface area contributed by atoms with Crippen molar-refractivity contribution in [1.29, 1.82) is 0 Å². The smallest absolute Gasteiger partial charge is 0.235 e. The van der Waals surface area contributed by atoms with Gasteiger partial charge < -0.3 is 15.5 Å². The molecule has 0 saturated carbocycles. The second-order valence-corrected chi connectivity index (χ2v) is 5.97. The SMILES string of the molecule is COc1ccc2nc(SC(C(N)=O)c3ccc(F)cc3)[nH]c2c1. The van der Waals surface area contributed by atoms with Crippen molar-refractivity contribution in [2.45, 2.75) is 10.4 Å². The predicted molar refractivity (Wildman–Crippen MR) is 86.8 cm³/mol. The summed E-state index contributed by atoms with van der Waals surface area (Å²) in [5.41, 5.74) is 7.67. The Morgan fingerprint density at radius 1 is 1.30 bits per heavy atom. The molecule has 3 aromatic rings. The molecule has 5 nitrogen and oxygen atoms in total. The molecular weight excluding hydrogens is 317 g/mol. The summed E-state index contributed by atoms with van der Waals surface area (Å²) in [4.78, 5) is 19.3. The van der Waals surface area contributed by atoms with E-state index in [4.69, 9.17) is 10.5 Å². The van der Waals surface area contributed by atoms with Crippen molar-refractivity contribution in [3.63, 3.8) is 0 Å². The number of H-pyrrole nitrogens is 1. The van der Waals surface area contributed by atoms with Gasteiger partial charge in [0, 0.05) is 6.07 Å². The van der Waals surface area contributed by atoms with E-state index in [1.165, 1.54) is 23.9 Å². The molecule has 0 bridgehead atoms. The van der Waals surface area contributed by atoms with Crippen LogP contribution in [0, 0.1) is 5.82 Å². The van der Waals surface area contributed by atoms with Crippen LogP contribution >= 0.6 is 11.8 Å². The van der Waals surface area contributed by atoms with E-state index in [0.29, 0.717) is 16.5 Å². The molecule has 3 N–H and O–H groups in total. The van der Waals surface area contributed by atoms with Gasteiger partial charge in [-0.3, -0.25) is 4.79 Å². The normalized spacial score (nSPS) is 12.3. The number of hydrogen-bond donors (Lipinski definition) is 2. The fourth-order valence-electron chi connectivity index (χ4n) is 2.19. The molecule has 0 radical (unpaired) electrons. The zero-order valence-electron chi connectivity index (χ0n) is 12.2. The van der Waals surface area contributed by atoms with Crippen LogP contribution < -0.4 is 10.5 Å². The van der Waals surface area contributed by atoms with Gasteiger partial charge >= 0.3 is 0 Å². The van der Waals surface area contributed by atoms with E-state index in [9.17, 15) is 9.18 Å². The Hall–Kier alpha value is -2.54. The van der Waals surface area contributed by atoms with Crippen LogP contribution in [-0.4, -0.2) is 23.0 Å². The summed E-state index contributed by atoms with van der Waals surface area (Å²) in [7, 11) is 1.59. The highest BCUT2D eigenvalue weighted by molar-refractivity contribution is 8.00. The van der Waals surface area contributed by atoms with Gasteiger partial charge in [0.05, 0.1) is 18.1 Å². The maximum atomic E-state index is 13.0. The Kier molecular flexibility index (Phi) is 4.20. The lowest BCUT2D eigenvalue weighted by Crippen LogP contribution is -2.19. The van der Waals surface area contributed by atoms with Crippen LogP contribution in [0.2, 0.25) is 0 Å². The molecule has 7 heteroatoms. The number of ether oxygens (including phenoxy) is 1. The number of nitrogens with one attached hydrogen (secondary N) is 1. The summed E-state index contributed by atoms with van der Waals surface area (Å²) in [5.74, 6) is -0.167. The van der Waals surface area contributed by atoms with Crippen LogP contribution in [0.4, 0.5) is 4.39 Å². The van der Waals surface area contributed by atoms with E-state index in [1.807, 2.05) is 18.2 Å². The van der Waals surface area contributed by atoms with Gasteiger partial charge in [-0.1, -0.05) is 23.9 Å². The Labute approximate surface area is 136 Å². The molecule has 0 aliphatic heterocycles. The van der Waals surface area contributed by atoms with Crippen molar-refractivity contribution in [2.75, 3.05) is 7.11 Å². The lowest BCUT2D eigenvalue weighted by atomic mass is 10.1. The number of carbonyl (C=O) groups is 1. The van der Waals surface area contributed by atoms with Gasteiger partial charge in [-0.25, -0.2) is 9.37 Å². The molecule has 3 rings (SSSR count). The second-order valence-electron chi connectivity index (χ2n) is 4.88. The Morgan fingerprint density at radius 3 is 2.70 bits per heavy atom. The number of halogens is 1. The van der Waals surface area contributed by atoms with Gasteiger partial charge in [-0.2, -0.15) is 0 Å². The van der Waals surface area contributed by atoms with E-state index in [2.05, 4.69) is 9.97 Å². The number of carbonyl (C=O) groups excluding carboxylic acids is 1. The molecule has 0 saturated heterocycles. The van der Waals surface area contributed by atoms with Crippen LogP contribution in [0.3, 0.4) is 0 Å². The van der Waals surface area contributed by atoms with Gasteiger partial charge in [0.25, 0.3) is 0 Å². The number of thioether (sulfide) groups is 1. The van der Waals surface area contributed by atoms with Gasteiger partial charge in [0.1, 0.15) is 16.8 Å². The molecular formula is C16H14FN3O2S. The lowest BCUT2D eigenvalue weighted by Gasteiger charge is -2.11. The highest BCUT2D eigenvalue weighted by atomic mass is 32.2. The second kappa shape index (κ2) is 6.29. The van der Waals surface area contributed by atoms with E-state index in [0.717, 1.165) is 11.0 Å². The van der Waals surface area contributed by atoms with Crippen LogP contribution in [0.1, 0.15) is 10.8 Å². The summed E-state index contributed by atoms with van der Waals surface area (Å²) in [5, 5.41) is -0.0977. The van der Waals surface area contributed by atoms with E-state index >= 15 is 0 Å². The average Bonchev–Trinajstić information content (AvgIpc) is 2.94. The predicted octanol–water partition coefficient (Wildman–Crippen LogP) is 3.03. The molecule has 23 heavy (non-hydrogen) atoms. The number of rotatable bonds is 5. The Balaban J connectivity index is 1.91. The van der Waals surface area contributed by atoms with Crippen LogP contribution in [0.5, 0.6) is 5.75 Å². The number of methoxy groups -OCH3 is 1. The number of nitrogens with two attached hydrogens (primary N) is 1. The van der Waals surface area contributed by atoms with E-state index < -0.39 is 11.2 Å². The van der Waals surface area contributed by atoms with Crippen molar-refractivity contribution in [1.82, 2.24) is 9.97 Å². The molecule has 0 aliphatic rings. The fraction of sp³-hybridized carbons (Fsp3) is 0.125. The molecule has 1 unspecified atom stereocenters. The highest BCUT2D eigenvalue weighted by Crippen LogP contribution is 2.34. The van der Waals surface area contributed by atoms with Crippen molar-refractivity contribution in [3.8, 4) is 5.75 Å². The van der Waals surface area contributed by atoms with Gasteiger partial charge in [0.2, 0.25) is 5.91 Å². The minimum absolute atomic E-state index is 0.363. The van der Waals surface area contributed by atoms with Crippen LogP contribution in [0.15, 0.2) is 47.6 Å². The number of fused-ring (bicyclic) bond motifs is 1. The molecule has 1 aromatic heterocycles. The maximum Gasteiger partial charge on any atom is 0.235 e. The molecule has 118 valence electrons. The zero-order valence-corrected chi connectivity index (χ0v) is 13.1. The monoisotopic (exact) mass is 331 g/mol. The first-order valence-corrected chi connectivity index (χ1v) is 7.70. The third-order valence-corrected chi connectivity index (χ3v) is 4.48. The number of hydrogen-bond acceptors (Lipinski definition) is 4. The fourth-order valence-corrected chi connectivity index (χ4v) is 3.14. The van der Waals surface area contributed by atoms with Gasteiger partial charge in [-0.15, -0.1) is 0 Å². The third-order valence-electron chi connectivity index (χ3n) is 3.33. The van der Waals surface area contributed by atoms with E-state index in [1.54, 1.807) is 19.2 Å². The summed E-state index contributed by atoms with van der Waals surface area (Å²) in [6.45, 7) is 0. The number of primary amides is 1. The average molecular weight is 331 g/mol. The summed E-state index contributed by atoms with van der Waals surface area (Å²) < 4.78 is 18.2.